The highest BCUT2D eigenvalue weighted by Gasteiger charge is 2.57. The molecule has 3 heterocycles. The second kappa shape index (κ2) is 13.8. The number of nitrogens with zero attached hydrogens (tertiary/aromatic N) is 2. The molecule has 4 aromatic rings. The van der Waals surface area contributed by atoms with E-state index in [1.54, 1.807) is 30.5 Å². The maximum absolute atomic E-state index is 14.1. The lowest BCUT2D eigenvalue weighted by Gasteiger charge is -2.43. The number of fused-ring (bicyclic) bond motifs is 3. The molecule has 1 aliphatic carbocycles. The van der Waals surface area contributed by atoms with Crippen molar-refractivity contribution in [1.29, 1.82) is 0 Å². The number of phenols is 1. The minimum Gasteiger partial charge on any atom is -0.508 e. The number of para-hydroxylation sites is 2. The van der Waals surface area contributed by atoms with Crippen molar-refractivity contribution in [3.8, 4) is 11.5 Å². The first-order valence-electron chi connectivity index (χ1n) is 16.1. The van der Waals surface area contributed by atoms with Gasteiger partial charge in [-0.2, -0.15) is 0 Å². The van der Waals surface area contributed by atoms with Crippen molar-refractivity contribution in [3.05, 3.63) is 131 Å². The number of pyridine rings is 1. The van der Waals surface area contributed by atoms with Crippen LogP contribution in [0.1, 0.15) is 30.5 Å². The summed E-state index contributed by atoms with van der Waals surface area (Å²) >= 11 is 6.49. The number of benzene rings is 3. The smallest absolute Gasteiger partial charge is 0.455 e. The lowest BCUT2D eigenvalue weighted by Crippen LogP contribution is -2.46. The Balaban J connectivity index is 1.24. The summed E-state index contributed by atoms with van der Waals surface area (Å²) in [5, 5.41) is 21.4. The van der Waals surface area contributed by atoms with Crippen LogP contribution in [0.3, 0.4) is 0 Å². The van der Waals surface area contributed by atoms with Crippen LogP contribution in [0.5, 0.6) is 11.5 Å². The summed E-state index contributed by atoms with van der Waals surface area (Å²) in [5.74, 6) is -1.27. The molecule has 242 valence electrons. The van der Waals surface area contributed by atoms with Crippen molar-refractivity contribution in [2.75, 3.05) is 11.5 Å². The van der Waals surface area contributed by atoms with Crippen LogP contribution in [0.4, 0.5) is 5.69 Å². The predicted molar refractivity (Wildman–Crippen MR) is 185 cm³/mol. The number of hydrogen-bond acceptors (Lipinski definition) is 7. The van der Waals surface area contributed by atoms with Crippen LogP contribution in [-0.2, 0) is 14.2 Å². The second-order valence-electron chi connectivity index (χ2n) is 12.4. The maximum Gasteiger partial charge on any atom is 0.455 e. The van der Waals surface area contributed by atoms with Gasteiger partial charge in [0.25, 0.3) is 0 Å². The summed E-state index contributed by atoms with van der Waals surface area (Å²) in [4.78, 5) is 33.9. The minimum atomic E-state index is -1.11. The topological polar surface area (TPSA) is 109 Å². The molecule has 0 unspecified atom stereocenters. The van der Waals surface area contributed by atoms with E-state index in [0.717, 1.165) is 28.0 Å². The fraction of sp³-hybridized carbons (Fsp3) is 0.237. The van der Waals surface area contributed by atoms with Gasteiger partial charge in [0, 0.05) is 6.20 Å². The number of carbonyl (C=O) groups excluding carboxylic acids is 2. The molecule has 7 rings (SSSR count). The van der Waals surface area contributed by atoms with Crippen LogP contribution < -0.4 is 9.64 Å². The molecule has 8 nitrogen and oxygen atoms in total. The Labute approximate surface area is 284 Å². The summed E-state index contributed by atoms with van der Waals surface area (Å²) in [6.45, 7) is 0.230. The molecule has 0 saturated carbocycles. The van der Waals surface area contributed by atoms with Gasteiger partial charge in [0.15, 0.2) is 0 Å². The third-order valence-corrected chi connectivity index (χ3v) is 9.79. The number of ether oxygens (including phenoxy) is 1. The van der Waals surface area contributed by atoms with Crippen LogP contribution >= 0.6 is 11.6 Å². The highest BCUT2D eigenvalue weighted by molar-refractivity contribution is 6.43. The maximum atomic E-state index is 14.1. The Kier molecular flexibility index (Phi) is 9.17. The molecule has 1 aromatic heterocycles. The first kappa shape index (κ1) is 31.9. The van der Waals surface area contributed by atoms with E-state index in [-0.39, 0.29) is 30.5 Å². The monoisotopic (exact) mass is 660 g/mol. The Morgan fingerprint density at radius 2 is 1.73 bits per heavy atom. The van der Waals surface area contributed by atoms with E-state index in [1.807, 2.05) is 72.8 Å². The number of phenolic OH excluding ortho intramolecular Hbond substituents is 1. The number of rotatable bonds is 9. The molecule has 4 atom stereocenters. The van der Waals surface area contributed by atoms with Gasteiger partial charge >= 0.3 is 7.12 Å². The first-order chi connectivity index (χ1) is 23.4. The summed E-state index contributed by atoms with van der Waals surface area (Å²) in [6, 6.07) is 29.0. The first-order valence-corrected chi connectivity index (χ1v) is 16.5. The zero-order chi connectivity index (χ0) is 33.2. The number of hydrogen-bond donors (Lipinski definition) is 2. The largest absolute Gasteiger partial charge is 0.508 e. The van der Waals surface area contributed by atoms with Gasteiger partial charge in [0.2, 0.25) is 11.8 Å². The number of anilines is 1. The van der Waals surface area contributed by atoms with E-state index in [4.69, 9.17) is 21.0 Å². The van der Waals surface area contributed by atoms with Crippen LogP contribution in [0.15, 0.2) is 114 Å². The van der Waals surface area contributed by atoms with E-state index < -0.39 is 31.0 Å². The van der Waals surface area contributed by atoms with E-state index in [1.165, 1.54) is 11.0 Å². The van der Waals surface area contributed by atoms with Gasteiger partial charge in [-0.15, -0.1) is 0 Å². The van der Waals surface area contributed by atoms with Gasteiger partial charge in [-0.25, -0.2) is 0 Å². The zero-order valence-electron chi connectivity index (χ0n) is 26.1. The van der Waals surface area contributed by atoms with Crippen LogP contribution in [0, 0.1) is 17.8 Å². The Morgan fingerprint density at radius 3 is 2.46 bits per heavy atom. The van der Waals surface area contributed by atoms with Crippen molar-refractivity contribution in [3.63, 3.8) is 0 Å². The van der Waals surface area contributed by atoms with E-state index in [9.17, 15) is 19.7 Å². The predicted octanol–water partition coefficient (Wildman–Crippen LogP) is 6.84. The highest BCUT2D eigenvalue weighted by atomic mass is 35.5. The van der Waals surface area contributed by atoms with Crippen molar-refractivity contribution < 1.29 is 29.1 Å². The quantitative estimate of drug-likeness (QED) is 0.115. The summed E-state index contributed by atoms with van der Waals surface area (Å²) in [5.41, 5.74) is 4.77. The number of aromatic hydroxyl groups is 1. The van der Waals surface area contributed by atoms with Crippen LogP contribution in [0.25, 0.3) is 11.6 Å². The second-order valence-corrected chi connectivity index (χ2v) is 12.8. The van der Waals surface area contributed by atoms with Gasteiger partial charge in [-0.1, -0.05) is 54.1 Å². The minimum absolute atomic E-state index is 0.0748. The van der Waals surface area contributed by atoms with Crippen molar-refractivity contribution in [1.82, 2.24) is 4.98 Å². The number of carbonyl (C=O) groups is 2. The molecule has 2 amide bonds. The van der Waals surface area contributed by atoms with Gasteiger partial charge < -0.3 is 19.5 Å². The number of aromatic nitrogens is 1. The Hall–Kier alpha value is -4.70. The van der Waals surface area contributed by atoms with Crippen molar-refractivity contribution in [2.24, 2.45) is 17.8 Å². The standard InChI is InChI=1S/C38H34BClN2O6/c40-32-21-28(43)16-14-24(32)19-25(33-13-7-8-18-41-33)15-17-34-35-26(23-47-29-11-5-2-6-12-29)20-30-36(31(35)22-39(46)48-34)38(45)42(37(30)44)27-9-3-1-4-10-27/h1-14,16,18-19,21,30-31,34,36,43,46H,15,17,20,22-23H2/b25-19-/t30-,31+,34-,36-/m1/s1. The molecule has 48 heavy (non-hydrogen) atoms. The lowest BCUT2D eigenvalue weighted by molar-refractivity contribution is -0.122. The van der Waals surface area contributed by atoms with E-state index in [0.29, 0.717) is 35.7 Å². The molecule has 0 spiro atoms. The lowest BCUT2D eigenvalue weighted by atomic mass is 9.58. The number of amides is 2. The molecule has 2 saturated heterocycles. The molecule has 3 aromatic carbocycles. The third-order valence-electron chi connectivity index (χ3n) is 9.46. The van der Waals surface area contributed by atoms with Crippen LogP contribution in [0.2, 0.25) is 11.3 Å². The van der Waals surface area contributed by atoms with Gasteiger partial charge in [0.1, 0.15) is 18.1 Å². The fourth-order valence-corrected chi connectivity index (χ4v) is 7.58. The van der Waals surface area contributed by atoms with Gasteiger partial charge in [-0.3, -0.25) is 19.5 Å². The molecule has 2 aliphatic heterocycles. The molecule has 3 aliphatic rings. The molecule has 2 N–H and O–H groups in total. The molecule has 0 bridgehead atoms. The average Bonchev–Trinajstić information content (AvgIpc) is 3.36. The van der Waals surface area contributed by atoms with Crippen LogP contribution in [-0.4, -0.2) is 46.8 Å². The molecule has 0 radical (unpaired) electrons. The molecule has 2 fully saturated rings. The summed E-state index contributed by atoms with van der Waals surface area (Å²) in [7, 11) is -1.11. The highest BCUT2D eigenvalue weighted by Crippen LogP contribution is 2.51. The average molecular weight is 661 g/mol. The Morgan fingerprint density at radius 1 is 0.979 bits per heavy atom. The van der Waals surface area contributed by atoms with Gasteiger partial charge in [0.05, 0.1) is 34.3 Å². The van der Waals surface area contributed by atoms with E-state index >= 15 is 0 Å². The van der Waals surface area contributed by atoms with Crippen molar-refractivity contribution >= 4 is 47.9 Å². The van der Waals surface area contributed by atoms with E-state index in [2.05, 4.69) is 4.98 Å². The SMILES string of the molecule is O=C1[C@@H]2[C@@H](CC(COc3ccccc3)=C3[C@@H](CC/C(=C/c4ccc(O)cc4Cl)c4ccccn4)OB(O)C[C@@H]32)C(=O)N1c1ccccc1. The zero-order valence-corrected chi connectivity index (χ0v) is 26.9. The third kappa shape index (κ3) is 6.41. The van der Waals surface area contributed by atoms with Crippen molar-refractivity contribution in [2.45, 2.75) is 31.7 Å². The number of imide groups is 1. The summed E-state index contributed by atoms with van der Waals surface area (Å²) < 4.78 is 12.5. The molecule has 10 heteroatoms. The fourth-order valence-electron chi connectivity index (χ4n) is 7.35. The normalized spacial score (nSPS) is 22.5. The van der Waals surface area contributed by atoms with Gasteiger partial charge in [-0.05, 0) is 114 Å². The Bertz CT molecular complexity index is 1870. The molecular weight excluding hydrogens is 627 g/mol. The number of halogens is 1. The number of allylic oxidation sites excluding steroid dienone is 1. The summed E-state index contributed by atoms with van der Waals surface area (Å²) in [6.07, 6.45) is 4.67. The molecular formula is C38H34BClN2O6.